The first-order valence-electron chi connectivity index (χ1n) is 18.1. The molecule has 10 rings (SSSR count). The first-order valence-corrected chi connectivity index (χ1v) is 23.5. The molecular formula is C47H37NOS3Si. The van der Waals surface area contributed by atoms with Crippen molar-refractivity contribution in [1.82, 2.24) is 0 Å². The van der Waals surface area contributed by atoms with Crippen molar-refractivity contribution in [3.05, 3.63) is 163 Å². The largest absolute Gasteiger partial charge is 0.455 e. The SMILES string of the molecule is CC1(C)c2ccccc2Sc2c(N(c3ccc(-c4cccc5c4Sc4ccccc4S5)cc3)c3cccc4c3Oc3ccccc3[Si]4(C)C)cccc21. The quantitative estimate of drug-likeness (QED) is 0.165. The van der Waals surface area contributed by atoms with Crippen LogP contribution in [0.25, 0.3) is 11.1 Å². The third kappa shape index (κ3) is 5.25. The Kier molecular flexibility index (Phi) is 7.78. The van der Waals surface area contributed by atoms with E-state index in [9.17, 15) is 0 Å². The highest BCUT2D eigenvalue weighted by Crippen LogP contribution is 2.56. The van der Waals surface area contributed by atoms with Crippen LogP contribution in [0.15, 0.2) is 181 Å². The average molecular weight is 756 g/mol. The molecule has 7 aromatic rings. The van der Waals surface area contributed by atoms with E-state index < -0.39 is 8.07 Å². The topological polar surface area (TPSA) is 12.5 Å². The highest BCUT2D eigenvalue weighted by Gasteiger charge is 2.40. The van der Waals surface area contributed by atoms with Gasteiger partial charge in [-0.25, -0.2) is 0 Å². The third-order valence-corrected chi connectivity index (χ3v) is 18.4. The Bertz CT molecular complexity index is 2490. The summed E-state index contributed by atoms with van der Waals surface area (Å²) in [5, 5.41) is 2.67. The molecule has 0 amide bonds. The molecule has 258 valence electrons. The van der Waals surface area contributed by atoms with Crippen LogP contribution in [0.4, 0.5) is 17.1 Å². The predicted molar refractivity (Wildman–Crippen MR) is 227 cm³/mol. The minimum absolute atomic E-state index is 0.149. The van der Waals surface area contributed by atoms with E-state index in [1.165, 1.54) is 67.7 Å². The Balaban J connectivity index is 1.15. The molecule has 0 N–H and O–H groups in total. The summed E-state index contributed by atoms with van der Waals surface area (Å²) in [6.07, 6.45) is 0. The molecule has 53 heavy (non-hydrogen) atoms. The van der Waals surface area contributed by atoms with E-state index in [0.29, 0.717) is 0 Å². The average Bonchev–Trinajstić information content (AvgIpc) is 3.18. The number of rotatable bonds is 4. The monoisotopic (exact) mass is 755 g/mol. The van der Waals surface area contributed by atoms with Crippen LogP contribution < -0.4 is 20.0 Å². The zero-order chi connectivity index (χ0) is 35.9. The number of nitrogens with zero attached hydrogens (tertiary/aromatic N) is 1. The molecule has 0 spiro atoms. The van der Waals surface area contributed by atoms with Gasteiger partial charge in [0.25, 0.3) is 0 Å². The Hall–Kier alpha value is -4.59. The van der Waals surface area contributed by atoms with E-state index >= 15 is 0 Å². The minimum atomic E-state index is -2.06. The van der Waals surface area contributed by atoms with Crippen LogP contribution >= 0.6 is 35.3 Å². The first-order chi connectivity index (χ1) is 25.8. The van der Waals surface area contributed by atoms with Crippen LogP contribution in [0.1, 0.15) is 25.0 Å². The van der Waals surface area contributed by atoms with E-state index in [4.69, 9.17) is 4.74 Å². The summed E-state index contributed by atoms with van der Waals surface area (Å²) in [5.74, 6) is 1.94. The number of fused-ring (bicyclic) bond motifs is 6. The number of hydrogen-bond donors (Lipinski definition) is 0. The summed E-state index contributed by atoms with van der Waals surface area (Å²) >= 11 is 5.63. The Morgan fingerprint density at radius 2 is 1.11 bits per heavy atom. The maximum absolute atomic E-state index is 6.97. The van der Waals surface area contributed by atoms with Crippen molar-refractivity contribution in [1.29, 1.82) is 0 Å². The Morgan fingerprint density at radius 1 is 0.509 bits per heavy atom. The third-order valence-electron chi connectivity index (χ3n) is 11.1. The lowest BCUT2D eigenvalue weighted by Gasteiger charge is -2.39. The summed E-state index contributed by atoms with van der Waals surface area (Å²) < 4.78 is 6.97. The van der Waals surface area contributed by atoms with Crippen molar-refractivity contribution < 1.29 is 4.74 Å². The second kappa shape index (κ2) is 12.5. The molecule has 7 aromatic carbocycles. The highest BCUT2D eigenvalue weighted by molar-refractivity contribution is 8.05. The van der Waals surface area contributed by atoms with Crippen LogP contribution in [0.5, 0.6) is 11.5 Å². The van der Waals surface area contributed by atoms with Gasteiger partial charge >= 0.3 is 0 Å². The predicted octanol–water partition coefficient (Wildman–Crippen LogP) is 13.2. The van der Waals surface area contributed by atoms with Gasteiger partial charge in [0.2, 0.25) is 0 Å². The number of hydrogen-bond acceptors (Lipinski definition) is 5. The lowest BCUT2D eigenvalue weighted by molar-refractivity contribution is 0.487. The van der Waals surface area contributed by atoms with Crippen molar-refractivity contribution in [2.75, 3.05) is 4.90 Å². The summed E-state index contributed by atoms with van der Waals surface area (Å²) in [4.78, 5) is 10.3. The molecule has 0 bridgehead atoms. The van der Waals surface area contributed by atoms with Crippen LogP contribution in [-0.2, 0) is 5.41 Å². The van der Waals surface area contributed by atoms with Crippen molar-refractivity contribution >= 4 is 70.8 Å². The van der Waals surface area contributed by atoms with Crippen LogP contribution in [-0.4, -0.2) is 8.07 Å². The standard InChI is InChI=1S/C47H37NOS3Si/c1-47(2)33-15-5-7-20-38(33)51-46-34(47)16-12-18-36(46)48(35-17-13-25-43-44(35)49-37-19-6-10-24-42(37)53(43,3)4)31-28-26-30(27-29-31)32-14-11-23-41-45(32)52-40-22-9-8-21-39(40)50-41/h5-29H,1-4H3. The van der Waals surface area contributed by atoms with Crippen LogP contribution in [0, 0.1) is 0 Å². The second-order valence-corrected chi connectivity index (χ2v) is 22.4. The molecule has 0 aromatic heterocycles. The maximum Gasteiger partial charge on any atom is 0.151 e. The summed E-state index contributed by atoms with van der Waals surface area (Å²) in [6.45, 7) is 9.62. The number of para-hydroxylation sites is 2. The van der Waals surface area contributed by atoms with Gasteiger partial charge in [-0.05, 0) is 87.2 Å². The molecule has 3 aliphatic heterocycles. The summed E-state index contributed by atoms with van der Waals surface area (Å²) in [7, 11) is -2.06. The first kappa shape index (κ1) is 33.0. The minimum Gasteiger partial charge on any atom is -0.455 e. The lowest BCUT2D eigenvalue weighted by Crippen LogP contribution is -2.56. The number of anilines is 3. The zero-order valence-electron chi connectivity index (χ0n) is 30.0. The highest BCUT2D eigenvalue weighted by atomic mass is 32.2. The molecular weight excluding hydrogens is 719 g/mol. The second-order valence-electron chi connectivity index (χ2n) is 14.9. The van der Waals surface area contributed by atoms with Gasteiger partial charge in [0.1, 0.15) is 13.8 Å². The molecule has 0 atom stereocenters. The fourth-order valence-electron chi connectivity index (χ4n) is 8.23. The Labute approximate surface area is 325 Å². The fourth-order valence-corrected chi connectivity index (χ4v) is 14.9. The van der Waals surface area contributed by atoms with E-state index in [1.54, 1.807) is 0 Å². The summed E-state index contributed by atoms with van der Waals surface area (Å²) in [5.41, 5.74) is 8.39. The molecule has 2 nitrogen and oxygen atoms in total. The summed E-state index contributed by atoms with van der Waals surface area (Å²) in [6, 6.07) is 55.8. The van der Waals surface area contributed by atoms with Crippen molar-refractivity contribution in [3.8, 4) is 22.6 Å². The molecule has 3 heterocycles. The van der Waals surface area contributed by atoms with Gasteiger partial charge in [-0.2, -0.15) is 0 Å². The van der Waals surface area contributed by atoms with Crippen molar-refractivity contribution in [2.24, 2.45) is 0 Å². The van der Waals surface area contributed by atoms with Crippen molar-refractivity contribution in [3.63, 3.8) is 0 Å². The van der Waals surface area contributed by atoms with E-state index in [-0.39, 0.29) is 5.41 Å². The van der Waals surface area contributed by atoms with Gasteiger partial charge < -0.3 is 9.64 Å². The van der Waals surface area contributed by atoms with E-state index in [2.05, 4.69) is 184 Å². The molecule has 0 unspecified atom stereocenters. The van der Waals surface area contributed by atoms with E-state index in [0.717, 1.165) is 22.9 Å². The zero-order valence-corrected chi connectivity index (χ0v) is 33.5. The number of ether oxygens (including phenoxy) is 1. The molecule has 6 heteroatoms. The van der Waals surface area contributed by atoms with Crippen molar-refractivity contribution in [2.45, 2.75) is 61.7 Å². The Morgan fingerprint density at radius 3 is 1.94 bits per heavy atom. The van der Waals surface area contributed by atoms with Gasteiger partial charge in [-0.3, -0.25) is 0 Å². The van der Waals surface area contributed by atoms with Crippen LogP contribution in [0.3, 0.4) is 0 Å². The van der Waals surface area contributed by atoms with Gasteiger partial charge in [0.15, 0.2) is 5.75 Å². The van der Waals surface area contributed by atoms with Gasteiger partial charge in [0, 0.05) is 40.5 Å². The maximum atomic E-state index is 6.97. The van der Waals surface area contributed by atoms with Gasteiger partial charge in [0.05, 0.1) is 11.4 Å². The smallest absolute Gasteiger partial charge is 0.151 e. The number of benzene rings is 7. The fraction of sp³-hybridized carbons (Fsp3) is 0.106. The van der Waals surface area contributed by atoms with E-state index in [1.807, 2.05) is 35.3 Å². The molecule has 3 aliphatic rings. The molecule has 0 radical (unpaired) electrons. The normalized spacial score (nSPS) is 15.4. The lowest BCUT2D eigenvalue weighted by atomic mass is 9.77. The molecule has 0 saturated carbocycles. The van der Waals surface area contributed by atoms with Gasteiger partial charge in [-0.15, -0.1) is 0 Å². The molecule has 0 aliphatic carbocycles. The van der Waals surface area contributed by atoms with Crippen LogP contribution in [0.2, 0.25) is 13.1 Å². The van der Waals surface area contributed by atoms with Gasteiger partial charge in [-0.1, -0.05) is 159 Å². The molecule has 0 saturated heterocycles. The molecule has 0 fully saturated rings.